The number of pyridine rings is 1. The lowest BCUT2D eigenvalue weighted by Crippen LogP contribution is -2.44. The third-order valence-electron chi connectivity index (χ3n) is 3.69. The number of benzene rings is 1. The van der Waals surface area contributed by atoms with Crippen molar-refractivity contribution < 1.29 is 0 Å². The van der Waals surface area contributed by atoms with E-state index in [4.69, 9.17) is 5.10 Å². The number of aromatic nitrogens is 1. The van der Waals surface area contributed by atoms with Crippen molar-refractivity contribution in [2.45, 2.75) is 6.92 Å². The molecule has 2 aliphatic rings. The zero-order valence-corrected chi connectivity index (χ0v) is 12.6. The average Bonchev–Trinajstić information content (AvgIpc) is 2.95. The number of fused-ring (bicyclic) bond motifs is 1. The maximum atomic E-state index is 4.76. The van der Waals surface area contributed by atoms with Gasteiger partial charge in [-0.1, -0.05) is 16.7 Å². The lowest BCUT2D eigenvalue weighted by atomic mass is 10.2. The number of nitrogens with zero attached hydrogens (tertiary/aromatic N) is 5. The van der Waals surface area contributed by atoms with Gasteiger partial charge in [0.2, 0.25) is 0 Å². The van der Waals surface area contributed by atoms with E-state index in [0.717, 1.165) is 17.2 Å². The van der Waals surface area contributed by atoms with Gasteiger partial charge < -0.3 is 5.32 Å². The summed E-state index contributed by atoms with van der Waals surface area (Å²) in [5, 5.41) is 8.02. The standard InChI is InChI=1S/C17H15N6/c1-13-4-2-5-14(10-13)20-17-21-16-12-19-8-9-23(16,22-17)15-6-3-7-18-11-15/h2-12H,1H3,(H,20,22)/q+1. The third kappa shape index (κ3) is 2.35. The fourth-order valence-electron chi connectivity index (χ4n) is 2.62. The van der Waals surface area contributed by atoms with Crippen molar-refractivity contribution in [1.82, 2.24) is 9.58 Å². The SMILES string of the molecule is Cc1cccc(NC2=N[N+]3(c4cccnc4)C=CN=CC3=N2)c1. The molecule has 0 bridgehead atoms. The molecular formula is C17H15N6+. The topological polar surface area (TPSA) is 62.0 Å². The highest BCUT2D eigenvalue weighted by Crippen LogP contribution is 2.30. The molecule has 0 fully saturated rings. The average molecular weight is 303 g/mol. The van der Waals surface area contributed by atoms with E-state index < -0.39 is 0 Å². The molecule has 0 saturated carbocycles. The van der Waals surface area contributed by atoms with Gasteiger partial charge in [-0.2, -0.15) is 4.99 Å². The van der Waals surface area contributed by atoms with Gasteiger partial charge in [-0.25, -0.2) is 0 Å². The quantitative estimate of drug-likeness (QED) is 0.867. The van der Waals surface area contributed by atoms with Crippen molar-refractivity contribution in [2.75, 3.05) is 5.32 Å². The number of quaternary nitrogens is 1. The highest BCUT2D eigenvalue weighted by Gasteiger charge is 2.42. The number of nitrogens with one attached hydrogen (secondary N) is 1. The number of anilines is 1. The van der Waals surface area contributed by atoms with Crippen LogP contribution in [-0.2, 0) is 0 Å². The van der Waals surface area contributed by atoms with Crippen LogP contribution in [0.5, 0.6) is 0 Å². The second kappa shape index (κ2) is 5.26. The van der Waals surface area contributed by atoms with E-state index in [1.807, 2.05) is 30.5 Å². The van der Waals surface area contributed by atoms with Crippen molar-refractivity contribution in [2.24, 2.45) is 15.1 Å². The number of aryl methyl sites for hydroxylation is 1. The maximum absolute atomic E-state index is 4.76. The van der Waals surface area contributed by atoms with E-state index in [2.05, 4.69) is 39.3 Å². The zero-order chi connectivity index (χ0) is 15.7. The Morgan fingerprint density at radius 3 is 2.91 bits per heavy atom. The first-order valence-electron chi connectivity index (χ1n) is 7.30. The Bertz CT molecular complexity index is 866. The Morgan fingerprint density at radius 1 is 1.13 bits per heavy atom. The van der Waals surface area contributed by atoms with Crippen LogP contribution in [-0.4, -0.2) is 23.0 Å². The summed E-state index contributed by atoms with van der Waals surface area (Å²) in [4.78, 5) is 13.0. The zero-order valence-electron chi connectivity index (χ0n) is 12.6. The van der Waals surface area contributed by atoms with Crippen LogP contribution in [0.2, 0.25) is 0 Å². The van der Waals surface area contributed by atoms with Crippen LogP contribution in [0.3, 0.4) is 0 Å². The molecule has 0 aliphatic carbocycles. The fourth-order valence-corrected chi connectivity index (χ4v) is 2.62. The van der Waals surface area contributed by atoms with Gasteiger partial charge in [0.25, 0.3) is 11.8 Å². The van der Waals surface area contributed by atoms with Crippen LogP contribution in [0.4, 0.5) is 11.4 Å². The molecule has 112 valence electrons. The summed E-state index contributed by atoms with van der Waals surface area (Å²) < 4.78 is 0.144. The number of guanidine groups is 1. The van der Waals surface area contributed by atoms with Crippen molar-refractivity contribution in [3.05, 3.63) is 66.8 Å². The molecule has 0 amide bonds. The molecule has 0 spiro atoms. The van der Waals surface area contributed by atoms with E-state index in [1.165, 1.54) is 5.56 Å². The lowest BCUT2D eigenvalue weighted by molar-refractivity contribution is 0.590. The van der Waals surface area contributed by atoms with Gasteiger partial charge >= 0.3 is 0 Å². The molecule has 1 N–H and O–H groups in total. The van der Waals surface area contributed by atoms with Crippen molar-refractivity contribution in [3.8, 4) is 0 Å². The summed E-state index contributed by atoms with van der Waals surface area (Å²) in [5.74, 6) is 1.28. The van der Waals surface area contributed by atoms with E-state index in [1.54, 1.807) is 24.8 Å². The molecule has 2 aromatic rings. The second-order valence-electron chi connectivity index (χ2n) is 5.36. The van der Waals surface area contributed by atoms with Gasteiger partial charge in [0.15, 0.2) is 11.9 Å². The van der Waals surface area contributed by atoms with Crippen LogP contribution in [0.15, 0.2) is 76.3 Å². The Labute approximate surface area is 133 Å². The fraction of sp³-hybridized carbons (Fsp3) is 0.0588. The van der Waals surface area contributed by atoms with E-state index in [-0.39, 0.29) is 4.59 Å². The predicted octanol–water partition coefficient (Wildman–Crippen LogP) is 3.05. The Morgan fingerprint density at radius 2 is 2.09 bits per heavy atom. The summed E-state index contributed by atoms with van der Waals surface area (Å²) in [7, 11) is 0. The molecule has 6 heteroatoms. The minimum absolute atomic E-state index is 0.144. The van der Waals surface area contributed by atoms with Crippen molar-refractivity contribution in [3.63, 3.8) is 0 Å². The molecule has 3 heterocycles. The summed E-state index contributed by atoms with van der Waals surface area (Å²) in [6.07, 6.45) is 8.87. The second-order valence-corrected chi connectivity index (χ2v) is 5.36. The highest BCUT2D eigenvalue weighted by molar-refractivity contribution is 6.38. The molecule has 0 radical (unpaired) electrons. The molecule has 1 aromatic heterocycles. The number of hydrogen-bond acceptors (Lipinski definition) is 5. The van der Waals surface area contributed by atoms with Gasteiger partial charge in [-0.15, -0.1) is 0 Å². The van der Waals surface area contributed by atoms with Crippen LogP contribution in [0.25, 0.3) is 0 Å². The minimum atomic E-state index is 0.144. The molecule has 6 nitrogen and oxygen atoms in total. The van der Waals surface area contributed by atoms with Crippen LogP contribution in [0.1, 0.15) is 5.56 Å². The number of aliphatic imine (C=N–C) groups is 2. The number of rotatable bonds is 2. The molecule has 2 aliphatic heterocycles. The first kappa shape index (κ1) is 13.5. The smallest absolute Gasteiger partial charge is 0.287 e. The monoisotopic (exact) mass is 303 g/mol. The first-order chi connectivity index (χ1) is 11.3. The molecule has 1 aromatic carbocycles. The summed E-state index contributed by atoms with van der Waals surface area (Å²) >= 11 is 0. The van der Waals surface area contributed by atoms with E-state index in [9.17, 15) is 0 Å². The Balaban J connectivity index is 1.74. The number of hydrogen-bond donors (Lipinski definition) is 1. The number of amidine groups is 1. The maximum Gasteiger partial charge on any atom is 0.287 e. The molecule has 4 rings (SSSR count). The highest BCUT2D eigenvalue weighted by atomic mass is 15.7. The normalized spacial score (nSPS) is 21.6. The van der Waals surface area contributed by atoms with Gasteiger partial charge in [0, 0.05) is 18.0 Å². The molecule has 1 atom stereocenters. The largest absolute Gasteiger partial charge is 0.320 e. The predicted molar refractivity (Wildman–Crippen MR) is 93.3 cm³/mol. The summed E-state index contributed by atoms with van der Waals surface area (Å²) in [5.41, 5.74) is 3.05. The van der Waals surface area contributed by atoms with Crippen molar-refractivity contribution >= 4 is 29.4 Å². The minimum Gasteiger partial charge on any atom is -0.320 e. The van der Waals surface area contributed by atoms with Crippen molar-refractivity contribution in [1.29, 1.82) is 0 Å². The van der Waals surface area contributed by atoms with E-state index >= 15 is 0 Å². The molecule has 23 heavy (non-hydrogen) atoms. The summed E-state index contributed by atoms with van der Waals surface area (Å²) in [6.45, 7) is 2.05. The Kier molecular flexibility index (Phi) is 3.09. The molecular weight excluding hydrogens is 288 g/mol. The molecule has 0 saturated heterocycles. The van der Waals surface area contributed by atoms with Crippen LogP contribution in [0, 0.1) is 6.92 Å². The summed E-state index contributed by atoms with van der Waals surface area (Å²) in [6, 6.07) is 12.0. The Hall–Kier alpha value is -3.12. The third-order valence-corrected chi connectivity index (χ3v) is 3.69. The van der Waals surface area contributed by atoms with Gasteiger partial charge in [0.1, 0.15) is 6.21 Å². The van der Waals surface area contributed by atoms with Crippen LogP contribution >= 0.6 is 0 Å². The van der Waals surface area contributed by atoms with Gasteiger partial charge in [0.05, 0.1) is 12.4 Å². The van der Waals surface area contributed by atoms with Gasteiger partial charge in [-0.05, 0) is 35.8 Å². The van der Waals surface area contributed by atoms with E-state index in [0.29, 0.717) is 5.96 Å². The lowest BCUT2D eigenvalue weighted by Gasteiger charge is -2.23. The van der Waals surface area contributed by atoms with Crippen LogP contribution < -0.4 is 9.91 Å². The first-order valence-corrected chi connectivity index (χ1v) is 7.30. The van der Waals surface area contributed by atoms with Gasteiger partial charge in [-0.3, -0.25) is 9.98 Å². The molecule has 1 unspecified atom stereocenters.